The van der Waals surface area contributed by atoms with Crippen molar-refractivity contribution in [2.45, 2.75) is 50.7 Å². The zero-order valence-electron chi connectivity index (χ0n) is 8.81. The van der Waals surface area contributed by atoms with Gasteiger partial charge in [0.05, 0.1) is 0 Å². The minimum atomic E-state index is 0.602. The summed E-state index contributed by atoms with van der Waals surface area (Å²) in [5.41, 5.74) is 2.38. The van der Waals surface area contributed by atoms with Crippen molar-refractivity contribution in [3.63, 3.8) is 0 Å². The molecule has 0 saturated heterocycles. The first-order valence-corrected chi connectivity index (χ1v) is 6.77. The Bertz CT molecular complexity index is 219. The molecule has 0 heterocycles. The van der Waals surface area contributed by atoms with E-state index in [1.165, 1.54) is 38.5 Å². The van der Waals surface area contributed by atoms with Gasteiger partial charge >= 0.3 is 0 Å². The molecule has 0 aliphatic heterocycles. The smallest absolute Gasteiger partial charge is 0.0227 e. The highest BCUT2D eigenvalue weighted by Gasteiger charge is 2.34. The van der Waals surface area contributed by atoms with Crippen LogP contribution < -0.4 is 0 Å². The lowest BCUT2D eigenvalue weighted by molar-refractivity contribution is 0.264. The Hall–Kier alpha value is 0.0900. The average Bonchev–Trinajstić information content (AvgIpc) is 2.16. The minimum Gasteiger partial charge on any atom is -0.158 e. The summed E-state index contributed by atoms with van der Waals surface area (Å²) in [6.45, 7) is 2.48. The number of rotatable bonds is 1. The Kier molecular flexibility index (Phi) is 2.73. The third-order valence-corrected chi connectivity index (χ3v) is 4.85. The molecule has 1 heteroatoms. The van der Waals surface area contributed by atoms with Crippen molar-refractivity contribution in [2.24, 2.45) is 5.41 Å². The second-order valence-electron chi connectivity index (χ2n) is 4.77. The van der Waals surface area contributed by atoms with Crippen LogP contribution in [0, 0.1) is 5.41 Å². The minimum absolute atomic E-state index is 0.602. The summed E-state index contributed by atoms with van der Waals surface area (Å²) >= 11 is 2.02. The van der Waals surface area contributed by atoms with Crippen LogP contribution in [0.5, 0.6) is 0 Å². The first kappa shape index (κ1) is 9.64. The predicted octanol–water partition coefficient (Wildman–Crippen LogP) is 4.02. The molecular formula is C12H20S. The van der Waals surface area contributed by atoms with Gasteiger partial charge in [-0.3, -0.25) is 0 Å². The van der Waals surface area contributed by atoms with Crippen LogP contribution in [0.1, 0.15) is 45.4 Å². The molecular weight excluding hydrogens is 176 g/mol. The van der Waals surface area contributed by atoms with Gasteiger partial charge in [-0.1, -0.05) is 25.0 Å². The second-order valence-corrected chi connectivity index (χ2v) is 5.85. The molecule has 1 fully saturated rings. The zero-order valence-corrected chi connectivity index (χ0v) is 9.62. The van der Waals surface area contributed by atoms with Crippen LogP contribution in [0.2, 0.25) is 0 Å². The van der Waals surface area contributed by atoms with Crippen LogP contribution in [-0.2, 0) is 0 Å². The van der Waals surface area contributed by atoms with Gasteiger partial charge in [0.2, 0.25) is 0 Å². The van der Waals surface area contributed by atoms with Crippen molar-refractivity contribution in [3.8, 4) is 0 Å². The summed E-state index contributed by atoms with van der Waals surface area (Å²) in [5.74, 6) is 0. The van der Waals surface area contributed by atoms with Crippen molar-refractivity contribution in [1.29, 1.82) is 0 Å². The maximum absolute atomic E-state index is 2.58. The van der Waals surface area contributed by atoms with E-state index < -0.39 is 0 Å². The first-order chi connectivity index (χ1) is 6.24. The van der Waals surface area contributed by atoms with Gasteiger partial charge in [-0.15, -0.1) is 0 Å². The van der Waals surface area contributed by atoms with E-state index in [0.717, 1.165) is 5.25 Å². The fraction of sp³-hybridized carbons (Fsp3) is 0.833. The maximum atomic E-state index is 2.58. The van der Waals surface area contributed by atoms with Gasteiger partial charge in [0.25, 0.3) is 0 Å². The van der Waals surface area contributed by atoms with E-state index in [0.29, 0.717) is 5.41 Å². The number of fused-ring (bicyclic) bond motifs is 1. The highest BCUT2D eigenvalue weighted by molar-refractivity contribution is 7.99. The molecule has 0 aromatic heterocycles. The van der Waals surface area contributed by atoms with Gasteiger partial charge in [-0.25, -0.2) is 0 Å². The Morgan fingerprint density at radius 3 is 3.00 bits per heavy atom. The summed E-state index contributed by atoms with van der Waals surface area (Å²) in [5, 5.41) is 0.821. The van der Waals surface area contributed by atoms with Crippen molar-refractivity contribution in [3.05, 3.63) is 11.6 Å². The Labute approximate surface area is 86.2 Å². The van der Waals surface area contributed by atoms with Crippen LogP contribution in [0.4, 0.5) is 0 Å². The van der Waals surface area contributed by atoms with Gasteiger partial charge in [0, 0.05) is 5.25 Å². The van der Waals surface area contributed by atoms with Crippen molar-refractivity contribution < 1.29 is 0 Å². The molecule has 0 N–H and O–H groups in total. The lowest BCUT2D eigenvalue weighted by Gasteiger charge is -2.41. The molecule has 74 valence electrons. The summed E-state index contributed by atoms with van der Waals surface area (Å²) in [6.07, 6.45) is 13.4. The highest BCUT2D eigenvalue weighted by atomic mass is 32.2. The normalized spacial score (nSPS) is 39.5. The lowest BCUT2D eigenvalue weighted by atomic mass is 9.66. The number of thioether (sulfide) groups is 1. The molecule has 0 radical (unpaired) electrons. The van der Waals surface area contributed by atoms with Crippen LogP contribution in [0.3, 0.4) is 0 Å². The molecule has 0 nitrogen and oxygen atoms in total. The predicted molar refractivity (Wildman–Crippen MR) is 61.2 cm³/mol. The quantitative estimate of drug-likeness (QED) is 0.571. The van der Waals surface area contributed by atoms with Gasteiger partial charge in [0.15, 0.2) is 0 Å². The molecule has 0 aromatic rings. The lowest BCUT2D eigenvalue weighted by Crippen LogP contribution is -2.28. The van der Waals surface area contributed by atoms with Crippen LogP contribution in [0.15, 0.2) is 11.6 Å². The number of hydrogen-bond acceptors (Lipinski definition) is 1. The summed E-state index contributed by atoms with van der Waals surface area (Å²) in [4.78, 5) is 0. The molecule has 1 saturated carbocycles. The standard InChI is InChI=1S/C12H20S/c1-12-7-4-3-5-10(12)9-11(13-2)6-8-12/h9,11H,3-8H2,1-2H3/t11-,12?/m1/s1. The van der Waals surface area contributed by atoms with Gasteiger partial charge in [0.1, 0.15) is 0 Å². The Morgan fingerprint density at radius 2 is 2.23 bits per heavy atom. The van der Waals surface area contributed by atoms with Gasteiger partial charge in [-0.05, 0) is 43.8 Å². The molecule has 2 aliphatic carbocycles. The van der Waals surface area contributed by atoms with E-state index in [1.54, 1.807) is 5.57 Å². The van der Waals surface area contributed by atoms with Gasteiger partial charge < -0.3 is 0 Å². The van der Waals surface area contributed by atoms with Crippen LogP contribution in [-0.4, -0.2) is 11.5 Å². The first-order valence-electron chi connectivity index (χ1n) is 5.48. The molecule has 0 bridgehead atoms. The van der Waals surface area contributed by atoms with E-state index in [2.05, 4.69) is 19.3 Å². The summed E-state index contributed by atoms with van der Waals surface area (Å²) in [6, 6.07) is 0. The van der Waals surface area contributed by atoms with Gasteiger partial charge in [-0.2, -0.15) is 11.8 Å². The zero-order chi connectivity index (χ0) is 9.31. The second kappa shape index (κ2) is 3.68. The highest BCUT2D eigenvalue weighted by Crippen LogP contribution is 2.48. The molecule has 0 aromatic carbocycles. The molecule has 1 unspecified atom stereocenters. The van der Waals surface area contributed by atoms with E-state index in [-0.39, 0.29) is 0 Å². The van der Waals surface area contributed by atoms with Crippen molar-refractivity contribution in [1.82, 2.24) is 0 Å². The largest absolute Gasteiger partial charge is 0.158 e. The van der Waals surface area contributed by atoms with Crippen LogP contribution >= 0.6 is 11.8 Å². The van der Waals surface area contributed by atoms with Crippen molar-refractivity contribution in [2.75, 3.05) is 6.26 Å². The van der Waals surface area contributed by atoms with E-state index in [9.17, 15) is 0 Å². The molecule has 2 atom stereocenters. The Morgan fingerprint density at radius 1 is 1.38 bits per heavy atom. The van der Waals surface area contributed by atoms with E-state index in [4.69, 9.17) is 0 Å². The molecule has 0 spiro atoms. The van der Waals surface area contributed by atoms with Crippen molar-refractivity contribution >= 4 is 11.8 Å². The SMILES string of the molecule is CS[C@H]1C=C2CCCCC2(C)CC1. The molecule has 0 amide bonds. The molecule has 2 aliphatic rings. The average molecular weight is 196 g/mol. The van der Waals surface area contributed by atoms with Crippen LogP contribution in [0.25, 0.3) is 0 Å². The van der Waals surface area contributed by atoms with E-state index >= 15 is 0 Å². The fourth-order valence-corrected chi connectivity index (χ4v) is 3.47. The third kappa shape index (κ3) is 1.81. The summed E-state index contributed by atoms with van der Waals surface area (Å²) in [7, 11) is 0. The topological polar surface area (TPSA) is 0 Å². The Balaban J connectivity index is 2.18. The molecule has 13 heavy (non-hydrogen) atoms. The maximum Gasteiger partial charge on any atom is 0.0227 e. The van der Waals surface area contributed by atoms with E-state index in [1.807, 2.05) is 11.8 Å². The number of hydrogen-bond donors (Lipinski definition) is 0. The summed E-state index contributed by atoms with van der Waals surface area (Å²) < 4.78 is 0. The monoisotopic (exact) mass is 196 g/mol. The fourth-order valence-electron chi connectivity index (χ4n) is 2.82. The third-order valence-electron chi connectivity index (χ3n) is 3.87. The number of allylic oxidation sites excluding steroid dienone is 1. The molecule has 2 rings (SSSR count).